The molecular weight excluding hydrogens is 207 g/mol. The standard InChI is InChI=1S/C13H15FO2/c1-9(2)11(13(15)16)8-12(14)10-6-4-3-5-7-10/h3-9,11H,1-2H3,(H,15,16)/b12-8-. The van der Waals surface area contributed by atoms with Crippen LogP contribution in [0.5, 0.6) is 0 Å². The monoisotopic (exact) mass is 222 g/mol. The molecular formula is C13H15FO2. The molecule has 2 nitrogen and oxygen atoms in total. The zero-order chi connectivity index (χ0) is 12.1. The highest BCUT2D eigenvalue weighted by Crippen LogP contribution is 2.21. The van der Waals surface area contributed by atoms with Gasteiger partial charge < -0.3 is 5.11 Å². The van der Waals surface area contributed by atoms with Crippen molar-refractivity contribution in [3.8, 4) is 0 Å². The average molecular weight is 222 g/mol. The molecule has 0 heterocycles. The van der Waals surface area contributed by atoms with Crippen LogP contribution in [0.15, 0.2) is 36.4 Å². The molecule has 1 atom stereocenters. The van der Waals surface area contributed by atoms with Crippen LogP contribution in [0.3, 0.4) is 0 Å². The maximum atomic E-state index is 13.7. The molecule has 0 aliphatic rings. The van der Waals surface area contributed by atoms with E-state index in [0.29, 0.717) is 5.56 Å². The van der Waals surface area contributed by atoms with E-state index in [-0.39, 0.29) is 5.92 Å². The lowest BCUT2D eigenvalue weighted by atomic mass is 9.94. The SMILES string of the molecule is CC(C)C(/C=C(\F)c1ccccc1)C(=O)O. The summed E-state index contributed by atoms with van der Waals surface area (Å²) in [4.78, 5) is 10.9. The molecule has 0 saturated heterocycles. The Hall–Kier alpha value is -1.64. The van der Waals surface area contributed by atoms with Gasteiger partial charge in [-0.1, -0.05) is 44.2 Å². The van der Waals surface area contributed by atoms with E-state index >= 15 is 0 Å². The van der Waals surface area contributed by atoms with Crippen LogP contribution in [-0.2, 0) is 4.79 Å². The van der Waals surface area contributed by atoms with Crippen molar-refractivity contribution < 1.29 is 14.3 Å². The number of benzene rings is 1. The van der Waals surface area contributed by atoms with E-state index < -0.39 is 17.7 Å². The lowest BCUT2D eigenvalue weighted by molar-refractivity contribution is -0.141. The van der Waals surface area contributed by atoms with Crippen molar-refractivity contribution in [2.45, 2.75) is 13.8 Å². The summed E-state index contributed by atoms with van der Waals surface area (Å²) in [6.07, 6.45) is 1.17. The average Bonchev–Trinajstić information content (AvgIpc) is 2.25. The molecule has 0 aromatic heterocycles. The first-order valence-corrected chi connectivity index (χ1v) is 5.18. The van der Waals surface area contributed by atoms with Crippen molar-refractivity contribution in [3.63, 3.8) is 0 Å². The van der Waals surface area contributed by atoms with E-state index in [9.17, 15) is 9.18 Å². The smallest absolute Gasteiger partial charge is 0.310 e. The number of carboxylic acid groups (broad SMARTS) is 1. The Morgan fingerprint density at radius 2 is 1.88 bits per heavy atom. The molecule has 0 spiro atoms. The maximum Gasteiger partial charge on any atom is 0.310 e. The molecule has 0 aliphatic heterocycles. The Labute approximate surface area is 94.4 Å². The molecule has 0 saturated carbocycles. The normalized spacial score (nSPS) is 13.9. The third-order valence-electron chi connectivity index (χ3n) is 2.38. The number of hydrogen-bond donors (Lipinski definition) is 1. The zero-order valence-electron chi connectivity index (χ0n) is 9.35. The number of carboxylic acids is 1. The Bertz CT molecular complexity index is 382. The van der Waals surface area contributed by atoms with E-state index in [1.807, 2.05) is 0 Å². The van der Waals surface area contributed by atoms with Crippen LogP contribution in [0.25, 0.3) is 5.83 Å². The topological polar surface area (TPSA) is 37.3 Å². The minimum absolute atomic E-state index is 0.132. The summed E-state index contributed by atoms with van der Waals surface area (Å²) in [5, 5.41) is 8.93. The zero-order valence-corrected chi connectivity index (χ0v) is 9.35. The first kappa shape index (κ1) is 12.4. The summed E-state index contributed by atoms with van der Waals surface area (Å²) >= 11 is 0. The van der Waals surface area contributed by atoms with Gasteiger partial charge in [-0.05, 0) is 12.0 Å². The van der Waals surface area contributed by atoms with Crippen LogP contribution in [-0.4, -0.2) is 11.1 Å². The van der Waals surface area contributed by atoms with E-state index in [2.05, 4.69) is 0 Å². The summed E-state index contributed by atoms with van der Waals surface area (Å²) in [5.41, 5.74) is 0.411. The first-order chi connectivity index (χ1) is 7.52. The molecule has 0 radical (unpaired) electrons. The van der Waals surface area contributed by atoms with Crippen LogP contribution >= 0.6 is 0 Å². The molecule has 1 aromatic carbocycles. The summed E-state index contributed by atoms with van der Waals surface area (Å²) < 4.78 is 13.7. The number of aliphatic carboxylic acids is 1. The molecule has 1 rings (SSSR count). The fourth-order valence-electron chi connectivity index (χ4n) is 1.40. The van der Waals surface area contributed by atoms with Crippen molar-refractivity contribution >= 4 is 11.8 Å². The van der Waals surface area contributed by atoms with Gasteiger partial charge in [-0.2, -0.15) is 0 Å². The van der Waals surface area contributed by atoms with Crippen molar-refractivity contribution in [1.82, 2.24) is 0 Å². The van der Waals surface area contributed by atoms with Gasteiger partial charge in [0.25, 0.3) is 0 Å². The Balaban J connectivity index is 2.95. The van der Waals surface area contributed by atoms with E-state index in [1.54, 1.807) is 44.2 Å². The third-order valence-corrected chi connectivity index (χ3v) is 2.38. The summed E-state index contributed by atoms with van der Waals surface area (Å²) in [6, 6.07) is 8.45. The van der Waals surface area contributed by atoms with Gasteiger partial charge in [-0.15, -0.1) is 0 Å². The molecule has 0 aliphatic carbocycles. The molecule has 1 unspecified atom stereocenters. The largest absolute Gasteiger partial charge is 0.481 e. The maximum absolute atomic E-state index is 13.7. The minimum atomic E-state index is -0.999. The number of hydrogen-bond acceptors (Lipinski definition) is 1. The fraction of sp³-hybridized carbons (Fsp3) is 0.308. The van der Waals surface area contributed by atoms with Gasteiger partial charge >= 0.3 is 5.97 Å². The fourth-order valence-corrected chi connectivity index (χ4v) is 1.40. The van der Waals surface area contributed by atoms with Gasteiger partial charge in [0.2, 0.25) is 0 Å². The van der Waals surface area contributed by atoms with Crippen molar-refractivity contribution in [2.75, 3.05) is 0 Å². The molecule has 86 valence electrons. The molecule has 1 N–H and O–H groups in total. The minimum Gasteiger partial charge on any atom is -0.481 e. The highest BCUT2D eigenvalue weighted by molar-refractivity contribution is 5.75. The molecule has 0 amide bonds. The summed E-state index contributed by atoms with van der Waals surface area (Å²) in [7, 11) is 0. The van der Waals surface area contributed by atoms with Crippen LogP contribution in [0.4, 0.5) is 4.39 Å². The Morgan fingerprint density at radius 1 is 1.31 bits per heavy atom. The Kier molecular flexibility index (Phi) is 4.23. The Morgan fingerprint density at radius 3 is 2.31 bits per heavy atom. The highest BCUT2D eigenvalue weighted by atomic mass is 19.1. The van der Waals surface area contributed by atoms with Crippen LogP contribution in [0.2, 0.25) is 0 Å². The van der Waals surface area contributed by atoms with Crippen molar-refractivity contribution in [1.29, 1.82) is 0 Å². The molecule has 3 heteroatoms. The highest BCUT2D eigenvalue weighted by Gasteiger charge is 2.20. The lowest BCUT2D eigenvalue weighted by Gasteiger charge is -2.11. The predicted molar refractivity (Wildman–Crippen MR) is 61.5 cm³/mol. The van der Waals surface area contributed by atoms with Gasteiger partial charge in [-0.25, -0.2) is 4.39 Å². The van der Waals surface area contributed by atoms with Gasteiger partial charge in [0.05, 0.1) is 5.92 Å². The molecule has 0 bridgehead atoms. The molecule has 16 heavy (non-hydrogen) atoms. The number of rotatable bonds is 4. The van der Waals surface area contributed by atoms with Gasteiger partial charge in [0.1, 0.15) is 5.83 Å². The van der Waals surface area contributed by atoms with E-state index in [4.69, 9.17) is 5.11 Å². The predicted octanol–water partition coefficient (Wildman–Crippen LogP) is 3.35. The van der Waals surface area contributed by atoms with Gasteiger partial charge in [0.15, 0.2) is 0 Å². The lowest BCUT2D eigenvalue weighted by Crippen LogP contribution is -2.17. The van der Waals surface area contributed by atoms with Crippen molar-refractivity contribution in [3.05, 3.63) is 42.0 Å². The summed E-state index contributed by atoms with van der Waals surface area (Å²) in [6.45, 7) is 3.52. The van der Waals surface area contributed by atoms with Crippen molar-refractivity contribution in [2.24, 2.45) is 11.8 Å². The first-order valence-electron chi connectivity index (χ1n) is 5.18. The quantitative estimate of drug-likeness (QED) is 0.848. The second kappa shape index (κ2) is 5.45. The number of carbonyl (C=O) groups is 1. The van der Waals surface area contributed by atoms with E-state index in [0.717, 1.165) is 0 Å². The second-order valence-electron chi connectivity index (χ2n) is 3.99. The van der Waals surface area contributed by atoms with Crippen LogP contribution in [0, 0.1) is 11.8 Å². The van der Waals surface area contributed by atoms with Crippen LogP contribution in [0.1, 0.15) is 19.4 Å². The van der Waals surface area contributed by atoms with Crippen LogP contribution < -0.4 is 0 Å². The molecule has 1 aromatic rings. The summed E-state index contributed by atoms with van der Waals surface area (Å²) in [5.74, 6) is -2.41. The van der Waals surface area contributed by atoms with E-state index in [1.165, 1.54) is 6.08 Å². The number of halogens is 1. The van der Waals surface area contributed by atoms with Gasteiger partial charge in [-0.3, -0.25) is 4.79 Å². The second-order valence-corrected chi connectivity index (χ2v) is 3.99. The van der Waals surface area contributed by atoms with Gasteiger partial charge in [0, 0.05) is 5.56 Å². The molecule has 0 fully saturated rings. The third kappa shape index (κ3) is 3.19.